The Kier molecular flexibility index (Phi) is 3.21. The highest BCUT2D eigenvalue weighted by atomic mass is 15.2. The molecule has 5 rings (SSSR count). The van der Waals surface area contributed by atoms with Gasteiger partial charge in [-0.15, -0.1) is 0 Å². The summed E-state index contributed by atoms with van der Waals surface area (Å²) in [6.07, 6.45) is 8.14. The molecule has 0 unspecified atom stereocenters. The molecule has 0 aliphatic heterocycles. The first-order chi connectivity index (χ1) is 10.5. The Hall–Kier alpha value is -1.51. The van der Waals surface area contributed by atoms with Gasteiger partial charge in [0.25, 0.3) is 0 Å². The second kappa shape index (κ2) is 5.00. The molecule has 4 aliphatic carbocycles. The molecule has 3 heteroatoms. The number of para-hydroxylation sites is 1. The minimum Gasteiger partial charge on any atom is -0.370 e. The van der Waals surface area contributed by atoms with Gasteiger partial charge in [0.15, 0.2) is 5.96 Å². The van der Waals surface area contributed by atoms with Crippen LogP contribution in [-0.2, 0) is 0 Å². The zero-order valence-corrected chi connectivity index (χ0v) is 13.8. The SMILES string of the molecule is Cc1ccccc1N(C)C(N)=NC12CC3CC(CC(C3)C1)C2. The lowest BCUT2D eigenvalue weighted by Gasteiger charge is -2.55. The van der Waals surface area contributed by atoms with E-state index in [0.29, 0.717) is 5.96 Å². The number of nitrogens with two attached hydrogens (primary N) is 1. The average molecular weight is 297 g/mol. The van der Waals surface area contributed by atoms with Gasteiger partial charge < -0.3 is 10.6 Å². The van der Waals surface area contributed by atoms with Gasteiger partial charge in [0, 0.05) is 12.7 Å². The van der Waals surface area contributed by atoms with Crippen LogP contribution in [0.25, 0.3) is 0 Å². The molecule has 1 aromatic rings. The maximum absolute atomic E-state index is 6.42. The van der Waals surface area contributed by atoms with E-state index in [-0.39, 0.29) is 5.54 Å². The summed E-state index contributed by atoms with van der Waals surface area (Å²) < 4.78 is 0. The largest absolute Gasteiger partial charge is 0.370 e. The molecular weight excluding hydrogens is 270 g/mol. The molecule has 4 saturated carbocycles. The van der Waals surface area contributed by atoms with Crippen molar-refractivity contribution in [2.45, 2.75) is 51.0 Å². The third kappa shape index (κ3) is 2.31. The number of hydrogen-bond donors (Lipinski definition) is 1. The van der Waals surface area contributed by atoms with Crippen LogP contribution in [0.4, 0.5) is 5.69 Å². The number of anilines is 1. The normalized spacial score (nSPS) is 36.6. The molecule has 4 fully saturated rings. The topological polar surface area (TPSA) is 41.6 Å². The van der Waals surface area contributed by atoms with Crippen molar-refractivity contribution in [3.63, 3.8) is 0 Å². The van der Waals surface area contributed by atoms with Crippen molar-refractivity contribution < 1.29 is 0 Å². The van der Waals surface area contributed by atoms with Crippen LogP contribution in [0.1, 0.15) is 44.1 Å². The summed E-state index contributed by atoms with van der Waals surface area (Å²) in [5.74, 6) is 3.42. The minimum atomic E-state index is 0.149. The number of guanidine groups is 1. The van der Waals surface area contributed by atoms with Gasteiger partial charge in [0.2, 0.25) is 0 Å². The van der Waals surface area contributed by atoms with E-state index in [1.165, 1.54) is 44.1 Å². The zero-order valence-electron chi connectivity index (χ0n) is 13.8. The van der Waals surface area contributed by atoms with E-state index >= 15 is 0 Å². The number of aryl methyl sites for hydroxylation is 1. The molecule has 4 aliphatic rings. The second-order valence-electron chi connectivity index (χ2n) is 7.96. The Labute approximate surface area is 133 Å². The van der Waals surface area contributed by atoms with Gasteiger partial charge in [-0.25, -0.2) is 4.99 Å². The van der Waals surface area contributed by atoms with Crippen molar-refractivity contribution in [1.29, 1.82) is 0 Å². The Morgan fingerprint density at radius 1 is 1.09 bits per heavy atom. The van der Waals surface area contributed by atoms with Crippen molar-refractivity contribution in [3.8, 4) is 0 Å². The molecule has 4 bridgehead atoms. The van der Waals surface area contributed by atoms with Gasteiger partial charge in [-0.3, -0.25) is 0 Å². The Morgan fingerprint density at radius 2 is 1.64 bits per heavy atom. The first-order valence-electron chi connectivity index (χ1n) is 8.69. The highest BCUT2D eigenvalue weighted by Crippen LogP contribution is 2.57. The summed E-state index contributed by atoms with van der Waals surface area (Å²) in [5, 5.41) is 0. The predicted octanol–water partition coefficient (Wildman–Crippen LogP) is 3.71. The molecule has 0 heterocycles. The van der Waals surface area contributed by atoms with Crippen LogP contribution >= 0.6 is 0 Å². The van der Waals surface area contributed by atoms with Gasteiger partial charge in [-0.05, 0) is 74.8 Å². The van der Waals surface area contributed by atoms with E-state index in [1.807, 2.05) is 7.05 Å². The summed E-state index contributed by atoms with van der Waals surface area (Å²) in [4.78, 5) is 7.17. The summed E-state index contributed by atoms with van der Waals surface area (Å²) in [7, 11) is 2.04. The summed E-state index contributed by atoms with van der Waals surface area (Å²) in [5.41, 5.74) is 8.97. The average Bonchev–Trinajstić information content (AvgIpc) is 2.45. The summed E-state index contributed by atoms with van der Waals surface area (Å²) in [6, 6.07) is 8.39. The Morgan fingerprint density at radius 3 is 2.18 bits per heavy atom. The van der Waals surface area contributed by atoms with Gasteiger partial charge in [-0.1, -0.05) is 18.2 Å². The zero-order chi connectivity index (χ0) is 15.3. The molecule has 0 spiro atoms. The number of nitrogens with zero attached hydrogens (tertiary/aromatic N) is 2. The van der Waals surface area contributed by atoms with E-state index in [4.69, 9.17) is 10.7 Å². The summed E-state index contributed by atoms with van der Waals surface area (Å²) >= 11 is 0. The van der Waals surface area contributed by atoms with Crippen molar-refractivity contribution >= 4 is 11.6 Å². The number of rotatable bonds is 2. The van der Waals surface area contributed by atoms with E-state index in [1.54, 1.807) is 0 Å². The lowest BCUT2D eigenvalue weighted by atomic mass is 9.53. The fourth-order valence-electron chi connectivity index (χ4n) is 5.58. The molecule has 1 aromatic carbocycles. The highest BCUT2D eigenvalue weighted by molar-refractivity contribution is 5.95. The first-order valence-corrected chi connectivity index (χ1v) is 8.69. The third-order valence-corrected chi connectivity index (χ3v) is 6.18. The number of benzene rings is 1. The standard InChI is InChI=1S/C19H27N3/c1-13-5-3-4-6-17(13)22(2)18(20)21-19-10-14-7-15(11-19)9-16(8-14)12-19/h3-6,14-16H,7-12H2,1-2H3,(H2,20,21). The monoisotopic (exact) mass is 297 g/mol. The van der Waals surface area contributed by atoms with Crippen LogP contribution in [0, 0.1) is 24.7 Å². The van der Waals surface area contributed by atoms with Crippen molar-refractivity contribution in [1.82, 2.24) is 0 Å². The van der Waals surface area contributed by atoms with Crippen LogP contribution in [0.2, 0.25) is 0 Å². The Bertz CT molecular complexity index is 569. The van der Waals surface area contributed by atoms with Crippen molar-refractivity contribution in [2.75, 3.05) is 11.9 Å². The van der Waals surface area contributed by atoms with Crippen LogP contribution in [0.5, 0.6) is 0 Å². The molecule has 0 saturated heterocycles. The minimum absolute atomic E-state index is 0.149. The van der Waals surface area contributed by atoms with E-state index in [0.717, 1.165) is 23.4 Å². The van der Waals surface area contributed by atoms with E-state index < -0.39 is 0 Å². The lowest BCUT2D eigenvalue weighted by Crippen LogP contribution is -2.51. The molecule has 0 aromatic heterocycles. The van der Waals surface area contributed by atoms with Crippen LogP contribution < -0.4 is 10.6 Å². The molecular formula is C19H27N3. The predicted molar refractivity (Wildman–Crippen MR) is 92.1 cm³/mol. The maximum Gasteiger partial charge on any atom is 0.196 e. The maximum atomic E-state index is 6.42. The quantitative estimate of drug-likeness (QED) is 0.668. The molecule has 0 atom stereocenters. The molecule has 2 N–H and O–H groups in total. The highest BCUT2D eigenvalue weighted by Gasteiger charge is 2.51. The second-order valence-corrected chi connectivity index (χ2v) is 7.96. The first kappa shape index (κ1) is 14.1. The van der Waals surface area contributed by atoms with Gasteiger partial charge in [0.05, 0.1) is 5.54 Å². The van der Waals surface area contributed by atoms with Crippen molar-refractivity contribution in [3.05, 3.63) is 29.8 Å². The van der Waals surface area contributed by atoms with Crippen LogP contribution in [0.3, 0.4) is 0 Å². The van der Waals surface area contributed by atoms with Crippen molar-refractivity contribution in [2.24, 2.45) is 28.5 Å². The fraction of sp³-hybridized carbons (Fsp3) is 0.632. The smallest absolute Gasteiger partial charge is 0.196 e. The van der Waals surface area contributed by atoms with Crippen LogP contribution in [-0.4, -0.2) is 18.5 Å². The van der Waals surface area contributed by atoms with Gasteiger partial charge >= 0.3 is 0 Å². The van der Waals surface area contributed by atoms with Crippen LogP contribution in [0.15, 0.2) is 29.3 Å². The Balaban J connectivity index is 1.61. The fourth-order valence-corrected chi connectivity index (χ4v) is 5.58. The van der Waals surface area contributed by atoms with Gasteiger partial charge in [-0.2, -0.15) is 0 Å². The third-order valence-electron chi connectivity index (χ3n) is 6.18. The number of hydrogen-bond acceptors (Lipinski definition) is 1. The molecule has 0 amide bonds. The summed E-state index contributed by atoms with van der Waals surface area (Å²) in [6.45, 7) is 2.13. The molecule has 3 nitrogen and oxygen atoms in total. The molecule has 118 valence electrons. The number of aliphatic imine (C=N–C) groups is 1. The lowest BCUT2D eigenvalue weighted by molar-refractivity contribution is 0.00156. The van der Waals surface area contributed by atoms with E-state index in [9.17, 15) is 0 Å². The van der Waals surface area contributed by atoms with E-state index in [2.05, 4.69) is 36.1 Å². The van der Waals surface area contributed by atoms with Gasteiger partial charge in [0.1, 0.15) is 0 Å². The molecule has 0 radical (unpaired) electrons. The molecule has 22 heavy (non-hydrogen) atoms.